The number of aromatic nitrogens is 2. The first-order valence-corrected chi connectivity index (χ1v) is 8.76. The minimum atomic E-state index is -0.326. The second-order valence-electron chi connectivity index (χ2n) is 5.03. The Morgan fingerprint density at radius 2 is 1.85 bits per heavy atom. The number of ether oxygens (including phenoxy) is 1. The number of carbonyl (C=O) groups excluding carboxylic acids is 2. The fourth-order valence-corrected chi connectivity index (χ4v) is 1.51. The molecule has 0 amide bonds. The SMILES string of the molecule is C=C/C=C(\C=C(/C)CC)C(=O)OC.CC.CCc1noc(CC(C)=O)n1. The Balaban J connectivity index is 0. The molecule has 0 atom stereocenters. The molecule has 1 heterocycles. The summed E-state index contributed by atoms with van der Waals surface area (Å²) in [7, 11) is 1.37. The summed E-state index contributed by atoms with van der Waals surface area (Å²) in [5.74, 6) is 0.777. The molecule has 1 rings (SSSR count). The predicted octanol–water partition coefficient (Wildman–Crippen LogP) is 4.42. The maximum atomic E-state index is 11.2. The third-order valence-electron chi connectivity index (χ3n) is 2.90. The molecule has 0 aliphatic carbocycles. The van der Waals surface area contributed by atoms with Crippen molar-refractivity contribution in [2.45, 2.75) is 60.8 Å². The number of carbonyl (C=O) groups is 2. The Bertz CT molecular complexity index is 613. The summed E-state index contributed by atoms with van der Waals surface area (Å²) in [4.78, 5) is 25.7. The summed E-state index contributed by atoms with van der Waals surface area (Å²) < 4.78 is 9.40. The molecule has 0 saturated carbocycles. The van der Waals surface area contributed by atoms with Crippen LogP contribution in [0.2, 0.25) is 0 Å². The van der Waals surface area contributed by atoms with Crippen LogP contribution in [-0.4, -0.2) is 29.0 Å². The van der Waals surface area contributed by atoms with E-state index in [0.717, 1.165) is 18.4 Å². The Kier molecular flexibility index (Phi) is 15.8. The summed E-state index contributed by atoms with van der Waals surface area (Å²) in [5.41, 5.74) is 1.68. The lowest BCUT2D eigenvalue weighted by Crippen LogP contribution is -2.02. The highest BCUT2D eigenvalue weighted by atomic mass is 16.5. The zero-order valence-corrected chi connectivity index (χ0v) is 17.1. The van der Waals surface area contributed by atoms with Crippen molar-refractivity contribution >= 4 is 11.8 Å². The largest absolute Gasteiger partial charge is 0.465 e. The molecule has 26 heavy (non-hydrogen) atoms. The highest BCUT2D eigenvalue weighted by Crippen LogP contribution is 2.07. The van der Waals surface area contributed by atoms with Gasteiger partial charge < -0.3 is 9.26 Å². The van der Waals surface area contributed by atoms with Gasteiger partial charge in [-0.1, -0.05) is 51.1 Å². The van der Waals surface area contributed by atoms with Crippen molar-refractivity contribution in [1.29, 1.82) is 0 Å². The van der Waals surface area contributed by atoms with Gasteiger partial charge in [0.2, 0.25) is 5.89 Å². The van der Waals surface area contributed by atoms with Gasteiger partial charge in [-0.15, -0.1) is 0 Å². The van der Waals surface area contributed by atoms with E-state index in [2.05, 4.69) is 21.5 Å². The molecule has 0 aliphatic rings. The second kappa shape index (κ2) is 16.0. The Labute approximate surface area is 157 Å². The summed E-state index contributed by atoms with van der Waals surface area (Å²) >= 11 is 0. The molecule has 0 unspecified atom stereocenters. The molecule has 1 aromatic rings. The third-order valence-corrected chi connectivity index (χ3v) is 2.90. The number of hydrogen-bond acceptors (Lipinski definition) is 6. The zero-order chi connectivity index (χ0) is 20.5. The molecule has 0 fully saturated rings. The van der Waals surface area contributed by atoms with Crippen molar-refractivity contribution in [2.24, 2.45) is 0 Å². The molecule has 146 valence electrons. The lowest BCUT2D eigenvalue weighted by atomic mass is 10.1. The van der Waals surface area contributed by atoms with E-state index in [0.29, 0.717) is 17.3 Å². The van der Waals surface area contributed by atoms with Crippen molar-refractivity contribution in [2.75, 3.05) is 7.11 Å². The fraction of sp³-hybridized carbons (Fsp3) is 0.500. The molecular weight excluding hydrogens is 332 g/mol. The van der Waals surface area contributed by atoms with Gasteiger partial charge in [0.15, 0.2) is 5.82 Å². The number of hydrogen-bond donors (Lipinski definition) is 0. The van der Waals surface area contributed by atoms with Crippen LogP contribution in [0, 0.1) is 0 Å². The van der Waals surface area contributed by atoms with Gasteiger partial charge in [-0.2, -0.15) is 4.98 Å². The van der Waals surface area contributed by atoms with Crippen LogP contribution in [0.3, 0.4) is 0 Å². The molecular formula is C20H32N2O4. The summed E-state index contributed by atoms with van der Waals surface area (Å²) in [6.07, 6.45) is 6.93. The van der Waals surface area contributed by atoms with Crippen molar-refractivity contribution in [3.63, 3.8) is 0 Å². The van der Waals surface area contributed by atoms with Gasteiger partial charge in [0, 0.05) is 6.42 Å². The first-order chi connectivity index (χ1) is 12.4. The van der Waals surface area contributed by atoms with Gasteiger partial charge in [0.25, 0.3) is 0 Å². The van der Waals surface area contributed by atoms with Gasteiger partial charge in [0.1, 0.15) is 5.78 Å². The first-order valence-electron chi connectivity index (χ1n) is 8.76. The molecule has 6 heteroatoms. The Morgan fingerprint density at radius 3 is 2.23 bits per heavy atom. The summed E-state index contributed by atoms with van der Waals surface area (Å²) in [6.45, 7) is 15.0. The van der Waals surface area contributed by atoms with Crippen molar-refractivity contribution in [3.05, 3.63) is 47.7 Å². The molecule has 1 aromatic heterocycles. The predicted molar refractivity (Wildman–Crippen MR) is 104 cm³/mol. The first kappa shape index (κ1) is 25.7. The molecule has 0 N–H and O–H groups in total. The van der Waals surface area contributed by atoms with Crippen molar-refractivity contribution < 1.29 is 18.8 Å². The van der Waals surface area contributed by atoms with E-state index in [9.17, 15) is 9.59 Å². The maximum absolute atomic E-state index is 11.2. The van der Waals surface area contributed by atoms with Gasteiger partial charge in [0.05, 0.1) is 19.1 Å². The Hall–Kier alpha value is -2.50. The van der Waals surface area contributed by atoms with Crippen LogP contribution in [0.1, 0.15) is 59.7 Å². The van der Waals surface area contributed by atoms with Crippen LogP contribution in [0.25, 0.3) is 0 Å². The lowest BCUT2D eigenvalue weighted by Gasteiger charge is -2.00. The number of rotatable bonds is 7. The number of esters is 1. The highest BCUT2D eigenvalue weighted by molar-refractivity contribution is 5.91. The van der Waals surface area contributed by atoms with Gasteiger partial charge in [-0.3, -0.25) is 4.79 Å². The topological polar surface area (TPSA) is 82.3 Å². The van der Waals surface area contributed by atoms with Gasteiger partial charge >= 0.3 is 5.97 Å². The van der Waals surface area contributed by atoms with Crippen LogP contribution in [0.15, 0.2) is 40.5 Å². The second-order valence-corrected chi connectivity index (χ2v) is 5.03. The minimum Gasteiger partial charge on any atom is -0.465 e. The molecule has 6 nitrogen and oxygen atoms in total. The standard InChI is InChI=1S/C11H16O2.C7H10N2O2.C2H6/c1-5-7-10(11(12)13-4)8-9(3)6-2;1-3-6-8-7(11-9-6)4-5(2)10;1-2/h5,7-8H,1,6H2,2-4H3;3-4H2,1-2H3;1-2H3/b9-8+,10-7+;;. The van der Waals surface area contributed by atoms with E-state index >= 15 is 0 Å². The van der Waals surface area contributed by atoms with E-state index < -0.39 is 0 Å². The van der Waals surface area contributed by atoms with Crippen LogP contribution in [0.5, 0.6) is 0 Å². The van der Waals surface area contributed by atoms with Crippen LogP contribution < -0.4 is 0 Å². The average Bonchev–Trinajstić information content (AvgIpc) is 3.09. The summed E-state index contributed by atoms with van der Waals surface area (Å²) in [5, 5.41) is 3.65. The fourth-order valence-electron chi connectivity index (χ4n) is 1.51. The number of methoxy groups -OCH3 is 1. The van der Waals surface area contributed by atoms with Crippen LogP contribution >= 0.6 is 0 Å². The highest BCUT2D eigenvalue weighted by Gasteiger charge is 2.06. The number of allylic oxidation sites excluding steroid dienone is 3. The van der Waals surface area contributed by atoms with Crippen LogP contribution in [0.4, 0.5) is 0 Å². The minimum absolute atomic E-state index is 0.0382. The normalized spacial score (nSPS) is 10.7. The van der Waals surface area contributed by atoms with E-state index in [1.54, 1.807) is 12.2 Å². The lowest BCUT2D eigenvalue weighted by molar-refractivity contribution is -0.135. The van der Waals surface area contributed by atoms with E-state index in [1.807, 2.05) is 40.7 Å². The number of Topliss-reactive ketones (excluding diaryl/α,β-unsaturated/α-hetero) is 1. The molecule has 0 spiro atoms. The van der Waals surface area contributed by atoms with E-state index in [-0.39, 0.29) is 18.2 Å². The average molecular weight is 364 g/mol. The molecule has 0 saturated heterocycles. The number of ketones is 1. The zero-order valence-electron chi connectivity index (χ0n) is 17.1. The smallest absolute Gasteiger partial charge is 0.337 e. The molecule has 0 radical (unpaired) electrons. The van der Waals surface area contributed by atoms with E-state index in [1.165, 1.54) is 14.0 Å². The maximum Gasteiger partial charge on any atom is 0.337 e. The molecule has 0 bridgehead atoms. The van der Waals surface area contributed by atoms with Crippen molar-refractivity contribution in [3.8, 4) is 0 Å². The van der Waals surface area contributed by atoms with E-state index in [4.69, 9.17) is 4.52 Å². The monoisotopic (exact) mass is 364 g/mol. The number of aryl methyl sites for hydroxylation is 1. The molecule has 0 aliphatic heterocycles. The van der Waals surface area contributed by atoms with Gasteiger partial charge in [-0.05, 0) is 32.4 Å². The third kappa shape index (κ3) is 11.9. The van der Waals surface area contributed by atoms with Crippen molar-refractivity contribution in [1.82, 2.24) is 10.1 Å². The number of nitrogens with zero attached hydrogens (tertiary/aromatic N) is 2. The van der Waals surface area contributed by atoms with Gasteiger partial charge in [-0.25, -0.2) is 4.79 Å². The molecule has 0 aromatic carbocycles. The summed E-state index contributed by atoms with van der Waals surface area (Å²) in [6, 6.07) is 0. The quantitative estimate of drug-likeness (QED) is 0.405. The Morgan fingerprint density at radius 1 is 1.23 bits per heavy atom. The van der Waals surface area contributed by atoms with Crippen LogP contribution in [-0.2, 0) is 27.2 Å².